The molecule has 1 unspecified atom stereocenters. The first-order valence-electron chi connectivity index (χ1n) is 7.10. The summed E-state index contributed by atoms with van der Waals surface area (Å²) in [5, 5.41) is 2.78. The average molecular weight is 301 g/mol. The molecule has 3 rings (SSSR count). The third-order valence-electron chi connectivity index (χ3n) is 3.35. The minimum absolute atomic E-state index is 0.141. The Bertz CT molecular complexity index is 674. The first kappa shape index (κ1) is 14.4. The van der Waals surface area contributed by atoms with Crippen LogP contribution in [0.5, 0.6) is 11.5 Å². The van der Waals surface area contributed by atoms with Gasteiger partial charge in [0.1, 0.15) is 18.5 Å². The van der Waals surface area contributed by atoms with Gasteiger partial charge in [-0.2, -0.15) is 0 Å². The predicted octanol–water partition coefficient (Wildman–Crippen LogP) is 2.32. The minimum Gasteiger partial charge on any atom is -0.486 e. The first-order valence-corrected chi connectivity index (χ1v) is 7.10. The number of hydrogen-bond acceptors (Lipinski definition) is 3. The number of carbonyl (C=O) groups is 1. The fourth-order valence-electron chi connectivity index (χ4n) is 2.29. The van der Waals surface area contributed by atoms with Gasteiger partial charge in [-0.3, -0.25) is 4.79 Å². The van der Waals surface area contributed by atoms with E-state index < -0.39 is 0 Å². The van der Waals surface area contributed by atoms with Gasteiger partial charge in [-0.25, -0.2) is 4.39 Å². The lowest BCUT2D eigenvalue weighted by atomic mass is 10.1. The van der Waals surface area contributed by atoms with Crippen LogP contribution in [-0.4, -0.2) is 25.2 Å². The van der Waals surface area contributed by atoms with E-state index in [2.05, 4.69) is 5.32 Å². The van der Waals surface area contributed by atoms with E-state index in [4.69, 9.17) is 9.47 Å². The molecular weight excluding hydrogens is 285 g/mol. The topological polar surface area (TPSA) is 47.6 Å². The van der Waals surface area contributed by atoms with Crippen LogP contribution in [0.2, 0.25) is 0 Å². The monoisotopic (exact) mass is 301 g/mol. The molecule has 0 aromatic heterocycles. The average Bonchev–Trinajstić information content (AvgIpc) is 2.53. The third-order valence-corrected chi connectivity index (χ3v) is 3.35. The van der Waals surface area contributed by atoms with E-state index in [1.807, 2.05) is 24.3 Å². The van der Waals surface area contributed by atoms with Crippen LogP contribution in [0.25, 0.3) is 0 Å². The van der Waals surface area contributed by atoms with E-state index in [1.54, 1.807) is 12.1 Å². The molecule has 1 atom stereocenters. The predicted molar refractivity (Wildman–Crippen MR) is 79.5 cm³/mol. The Morgan fingerprint density at radius 3 is 2.82 bits per heavy atom. The summed E-state index contributed by atoms with van der Waals surface area (Å²) in [5.41, 5.74) is 0.642. The van der Waals surface area contributed by atoms with Gasteiger partial charge in [-0.1, -0.05) is 24.3 Å². The van der Waals surface area contributed by atoms with Crippen molar-refractivity contribution >= 4 is 5.91 Å². The molecule has 0 spiro atoms. The number of hydrogen-bond donors (Lipinski definition) is 1. The van der Waals surface area contributed by atoms with Crippen LogP contribution < -0.4 is 14.8 Å². The molecule has 4 nitrogen and oxygen atoms in total. The Morgan fingerprint density at radius 2 is 2.00 bits per heavy atom. The molecule has 2 aromatic rings. The standard InChI is InChI=1S/C17H16FNO3/c18-13-5-3-4-12(8-13)9-17(20)19-10-14-11-21-15-6-1-2-7-16(15)22-14/h1-8,14H,9-11H2,(H,19,20). The molecule has 2 aromatic carbocycles. The highest BCUT2D eigenvalue weighted by Crippen LogP contribution is 2.30. The first-order chi connectivity index (χ1) is 10.7. The lowest BCUT2D eigenvalue weighted by Crippen LogP contribution is -2.41. The number of ether oxygens (including phenoxy) is 2. The molecule has 1 amide bonds. The zero-order valence-electron chi connectivity index (χ0n) is 11.9. The second-order valence-corrected chi connectivity index (χ2v) is 5.11. The normalized spacial score (nSPS) is 16.1. The van der Waals surface area contributed by atoms with E-state index >= 15 is 0 Å². The second kappa shape index (κ2) is 6.47. The quantitative estimate of drug-likeness (QED) is 0.943. The second-order valence-electron chi connectivity index (χ2n) is 5.11. The fourth-order valence-corrected chi connectivity index (χ4v) is 2.29. The number of halogens is 1. The number of amides is 1. The van der Waals surface area contributed by atoms with Gasteiger partial charge in [0.15, 0.2) is 11.5 Å². The van der Waals surface area contributed by atoms with E-state index in [0.717, 1.165) is 0 Å². The van der Waals surface area contributed by atoms with Gasteiger partial charge in [0.25, 0.3) is 0 Å². The number of nitrogens with one attached hydrogen (secondary N) is 1. The maximum absolute atomic E-state index is 13.1. The molecule has 1 aliphatic heterocycles. The highest BCUT2D eigenvalue weighted by Gasteiger charge is 2.20. The molecule has 22 heavy (non-hydrogen) atoms. The van der Waals surface area contributed by atoms with Gasteiger partial charge >= 0.3 is 0 Å². The highest BCUT2D eigenvalue weighted by molar-refractivity contribution is 5.78. The fraction of sp³-hybridized carbons (Fsp3) is 0.235. The molecule has 0 fully saturated rings. The van der Waals surface area contributed by atoms with Crippen molar-refractivity contribution in [2.45, 2.75) is 12.5 Å². The molecule has 1 heterocycles. The van der Waals surface area contributed by atoms with E-state index in [9.17, 15) is 9.18 Å². The zero-order valence-corrected chi connectivity index (χ0v) is 11.9. The molecule has 114 valence electrons. The molecule has 0 saturated heterocycles. The number of fused-ring (bicyclic) bond motifs is 1. The van der Waals surface area contributed by atoms with Crippen molar-refractivity contribution in [3.8, 4) is 11.5 Å². The minimum atomic E-state index is -0.342. The lowest BCUT2D eigenvalue weighted by Gasteiger charge is -2.26. The van der Waals surface area contributed by atoms with Crippen molar-refractivity contribution in [2.75, 3.05) is 13.2 Å². The van der Waals surface area contributed by atoms with Crippen molar-refractivity contribution in [2.24, 2.45) is 0 Å². The molecular formula is C17H16FNO3. The Hall–Kier alpha value is -2.56. The van der Waals surface area contributed by atoms with Gasteiger partial charge in [0.05, 0.1) is 13.0 Å². The van der Waals surface area contributed by atoms with Crippen molar-refractivity contribution in [3.63, 3.8) is 0 Å². The molecule has 0 bridgehead atoms. The Morgan fingerprint density at radius 1 is 1.18 bits per heavy atom. The third kappa shape index (κ3) is 3.55. The van der Waals surface area contributed by atoms with Crippen LogP contribution in [-0.2, 0) is 11.2 Å². The van der Waals surface area contributed by atoms with Crippen LogP contribution >= 0.6 is 0 Å². The Balaban J connectivity index is 1.50. The maximum atomic E-state index is 13.1. The van der Waals surface area contributed by atoms with Crippen LogP contribution in [0, 0.1) is 5.82 Å². The highest BCUT2D eigenvalue weighted by atomic mass is 19.1. The van der Waals surface area contributed by atoms with Crippen molar-refractivity contribution in [1.29, 1.82) is 0 Å². The number of para-hydroxylation sites is 2. The van der Waals surface area contributed by atoms with Gasteiger partial charge < -0.3 is 14.8 Å². The molecule has 5 heteroatoms. The smallest absolute Gasteiger partial charge is 0.224 e. The van der Waals surface area contributed by atoms with Crippen LogP contribution in [0.15, 0.2) is 48.5 Å². The summed E-state index contributed by atoms with van der Waals surface area (Å²) in [4.78, 5) is 11.9. The SMILES string of the molecule is O=C(Cc1cccc(F)c1)NCC1COc2ccccc2O1. The van der Waals surface area contributed by atoms with Gasteiger partial charge in [0, 0.05) is 0 Å². The van der Waals surface area contributed by atoms with Gasteiger partial charge in [0.2, 0.25) is 5.91 Å². The van der Waals surface area contributed by atoms with E-state index in [-0.39, 0.29) is 24.2 Å². The lowest BCUT2D eigenvalue weighted by molar-refractivity contribution is -0.120. The number of rotatable bonds is 4. The Labute approximate surface area is 127 Å². The Kier molecular flexibility index (Phi) is 4.23. The van der Waals surface area contributed by atoms with E-state index in [0.29, 0.717) is 30.2 Å². The molecule has 0 saturated carbocycles. The number of carbonyl (C=O) groups excluding carboxylic acids is 1. The summed E-state index contributed by atoms with van der Waals surface area (Å²) < 4.78 is 24.4. The molecule has 1 N–H and O–H groups in total. The maximum Gasteiger partial charge on any atom is 0.224 e. The van der Waals surface area contributed by atoms with Crippen LogP contribution in [0.1, 0.15) is 5.56 Å². The molecule has 0 radical (unpaired) electrons. The molecule has 0 aliphatic carbocycles. The zero-order chi connectivity index (χ0) is 15.4. The van der Waals surface area contributed by atoms with E-state index in [1.165, 1.54) is 12.1 Å². The van der Waals surface area contributed by atoms with Crippen molar-refractivity contribution < 1.29 is 18.7 Å². The van der Waals surface area contributed by atoms with Crippen LogP contribution in [0.4, 0.5) is 4.39 Å². The summed E-state index contributed by atoms with van der Waals surface area (Å²) in [7, 11) is 0. The summed E-state index contributed by atoms with van der Waals surface area (Å²) in [5.74, 6) is 0.877. The largest absolute Gasteiger partial charge is 0.486 e. The van der Waals surface area contributed by atoms with Crippen molar-refractivity contribution in [3.05, 3.63) is 59.9 Å². The summed E-state index contributed by atoms with van der Waals surface area (Å²) in [6.45, 7) is 0.736. The summed E-state index contributed by atoms with van der Waals surface area (Å²) in [6, 6.07) is 13.4. The summed E-state index contributed by atoms with van der Waals surface area (Å²) in [6.07, 6.45) is -0.0894. The van der Waals surface area contributed by atoms with Gasteiger partial charge in [-0.15, -0.1) is 0 Å². The summed E-state index contributed by atoms with van der Waals surface area (Å²) >= 11 is 0. The van der Waals surface area contributed by atoms with Crippen molar-refractivity contribution in [1.82, 2.24) is 5.32 Å². The number of benzene rings is 2. The van der Waals surface area contributed by atoms with Gasteiger partial charge in [-0.05, 0) is 29.8 Å². The molecule has 1 aliphatic rings. The van der Waals surface area contributed by atoms with Crippen LogP contribution in [0.3, 0.4) is 0 Å².